The van der Waals surface area contributed by atoms with Crippen molar-refractivity contribution in [2.45, 2.75) is 12.7 Å². The maximum absolute atomic E-state index is 7.50. The van der Waals surface area contributed by atoms with E-state index >= 15 is 0 Å². The third-order valence-corrected chi connectivity index (χ3v) is 2.26. The van der Waals surface area contributed by atoms with Crippen LogP contribution in [0.5, 0.6) is 0 Å². The molecule has 3 nitrogen and oxygen atoms in total. The molecule has 90 valence electrons. The zero-order valence-electron chi connectivity index (χ0n) is 9.34. The third kappa shape index (κ3) is 21.2. The number of hydrogen-bond acceptors (Lipinski definition) is 1. The Morgan fingerprint density at radius 1 is 0.941 bits per heavy atom. The molecule has 1 aromatic rings. The second kappa shape index (κ2) is 29.5. The fraction of sp³-hybridized carbons (Fsp3) is 0.250. The molecule has 0 bridgehead atoms. The van der Waals surface area contributed by atoms with Gasteiger partial charge < -0.3 is 0 Å². The molecule has 0 heterocycles. The number of benzene rings is 1. The first-order valence-electron chi connectivity index (χ1n) is 4.16. The van der Waals surface area contributed by atoms with Gasteiger partial charge in [0.05, 0.1) is 0 Å². The number of thioether (sulfide) groups is 1. The van der Waals surface area contributed by atoms with E-state index in [2.05, 4.69) is 57.2 Å². The summed E-state index contributed by atoms with van der Waals surface area (Å²) in [5, 5.41) is 0. The van der Waals surface area contributed by atoms with Crippen molar-refractivity contribution in [2.24, 2.45) is 0 Å². The minimum atomic E-state index is 0. The van der Waals surface area contributed by atoms with Gasteiger partial charge in [0.25, 0.3) is 0 Å². The second-order valence-corrected chi connectivity index (χ2v) is 3.40. The summed E-state index contributed by atoms with van der Waals surface area (Å²) in [6.07, 6.45) is 0. The molecule has 0 N–H and O–H groups in total. The molecule has 1 rings (SSSR count). The molecule has 0 spiro atoms. The summed E-state index contributed by atoms with van der Waals surface area (Å²) in [6, 6.07) is 10.6. The molecule has 0 fully saturated rings. The molecule has 0 radical (unpaired) electrons. The van der Waals surface area contributed by atoms with E-state index in [0.717, 1.165) is 5.75 Å². The van der Waals surface area contributed by atoms with E-state index in [0.29, 0.717) is 0 Å². The first-order valence-corrected chi connectivity index (χ1v) is 5.32. The first kappa shape index (κ1) is 25.2. The van der Waals surface area contributed by atoms with Gasteiger partial charge in [-0.25, -0.2) is 0 Å². The van der Waals surface area contributed by atoms with Crippen LogP contribution in [0.2, 0.25) is 0 Å². The Balaban J connectivity index is -0.000000106. The maximum atomic E-state index is 7.50. The summed E-state index contributed by atoms with van der Waals surface area (Å²) in [5.41, 5.74) is 1.43. The van der Waals surface area contributed by atoms with E-state index < -0.39 is 0 Å². The second-order valence-electron chi connectivity index (χ2n) is 2.12. The molecule has 1 aromatic carbocycles. The van der Waals surface area contributed by atoms with Crippen molar-refractivity contribution in [2.75, 3.05) is 5.75 Å². The monoisotopic (exact) mass is 288 g/mol. The van der Waals surface area contributed by atoms with Crippen molar-refractivity contribution in [3.63, 3.8) is 0 Å². The Labute approximate surface area is 117 Å². The van der Waals surface area contributed by atoms with Crippen LogP contribution in [0.25, 0.3) is 0 Å². The largest absolute Gasteiger partial charge is 0 e. The van der Waals surface area contributed by atoms with Crippen molar-refractivity contribution < 1.29 is 31.3 Å². The maximum Gasteiger partial charge on any atom is 0 e. The van der Waals surface area contributed by atoms with Crippen LogP contribution < -0.4 is 0 Å². The molecule has 0 aliphatic carbocycles. The van der Waals surface area contributed by atoms with Gasteiger partial charge >= 0.3 is 33.9 Å². The van der Waals surface area contributed by atoms with E-state index in [1.807, 2.05) is 11.8 Å². The quantitative estimate of drug-likeness (QED) is 0.623. The third-order valence-electron chi connectivity index (χ3n) is 1.32. The molecule has 17 heavy (non-hydrogen) atoms. The van der Waals surface area contributed by atoms with Crippen LogP contribution in [0.15, 0.2) is 30.3 Å². The van der Waals surface area contributed by atoms with Crippen molar-refractivity contribution in [3.05, 3.63) is 55.8 Å². The molecular weight excluding hydrogens is 276 g/mol. The summed E-state index contributed by atoms with van der Waals surface area (Å²) >= 11 is 1.96. The Hall–Kier alpha value is -0.678. The minimum Gasteiger partial charge on any atom is 0 e. The molecule has 0 aromatic heterocycles. The van der Waals surface area contributed by atoms with Gasteiger partial charge in [-0.3, -0.25) is 0 Å². The van der Waals surface area contributed by atoms with Gasteiger partial charge in [-0.15, -0.1) is 0 Å². The number of hydrogen-bond donors (Lipinski definition) is 0. The molecule has 0 unspecified atom stereocenters. The summed E-state index contributed by atoms with van der Waals surface area (Å²) in [6.45, 7) is 15.7. The van der Waals surface area contributed by atoms with Crippen LogP contribution >= 0.6 is 11.8 Å². The Bertz CT molecular complexity index is 269. The van der Waals surface area contributed by atoms with E-state index in [1.54, 1.807) is 0 Å². The molecule has 0 atom stereocenters. The van der Waals surface area contributed by atoms with Crippen LogP contribution in [0.4, 0.5) is 0 Å². The summed E-state index contributed by atoms with van der Waals surface area (Å²) in [4.78, 5) is 0. The normalized spacial score (nSPS) is 6.06. The van der Waals surface area contributed by atoms with Gasteiger partial charge in [-0.2, -0.15) is 11.8 Å². The molecule has 0 amide bonds. The predicted molar refractivity (Wildman–Crippen MR) is 60.1 cm³/mol. The van der Waals surface area contributed by atoms with Crippen molar-refractivity contribution in [1.29, 1.82) is 0 Å². The first-order chi connectivity index (χ1) is 7.93. The Morgan fingerprint density at radius 3 is 1.71 bits per heavy atom. The van der Waals surface area contributed by atoms with Crippen molar-refractivity contribution in [1.82, 2.24) is 0 Å². The van der Waals surface area contributed by atoms with E-state index in [4.69, 9.17) is 14.0 Å². The molecule has 0 aliphatic rings. The minimum absolute atomic E-state index is 0. The van der Waals surface area contributed by atoms with E-state index in [1.165, 1.54) is 11.3 Å². The zero-order valence-corrected chi connectivity index (χ0v) is 11.4. The van der Waals surface area contributed by atoms with Crippen LogP contribution in [-0.2, 0) is 37.1 Å². The molecule has 5 heteroatoms. The summed E-state index contributed by atoms with van der Waals surface area (Å²) in [5.74, 6) is 2.35. The van der Waals surface area contributed by atoms with Crippen LogP contribution in [0.3, 0.4) is 0 Å². The molecule has 0 aliphatic heterocycles. The molecule has 0 saturated heterocycles. The van der Waals surface area contributed by atoms with Crippen LogP contribution in [0.1, 0.15) is 12.5 Å². The van der Waals surface area contributed by atoms with Crippen LogP contribution in [-0.4, -0.2) is 5.75 Å². The van der Waals surface area contributed by atoms with Gasteiger partial charge in [0.15, 0.2) is 0 Å². The smallest absolute Gasteiger partial charge is 0 e. The topological polar surface area (TPSA) is 59.7 Å². The van der Waals surface area contributed by atoms with Gasteiger partial charge in [-0.05, 0) is 11.3 Å². The average molecular weight is 288 g/mol. The van der Waals surface area contributed by atoms with Gasteiger partial charge in [0.2, 0.25) is 0 Å². The van der Waals surface area contributed by atoms with Crippen molar-refractivity contribution in [3.8, 4) is 0 Å². The Morgan fingerprint density at radius 2 is 1.35 bits per heavy atom. The fourth-order valence-electron chi connectivity index (χ4n) is 0.794. The van der Waals surface area contributed by atoms with Crippen molar-refractivity contribution >= 4 is 11.8 Å². The average Bonchev–Trinajstić information content (AvgIpc) is 2.44. The summed E-state index contributed by atoms with van der Waals surface area (Å²) < 4.78 is 22.5. The number of rotatable bonds is 3. The summed E-state index contributed by atoms with van der Waals surface area (Å²) in [7, 11) is 0. The standard InChI is InChI=1S/C9H12S.3CO.Cr/c1-2-10-8-9-6-4-3-5-7-9;3*1-2;/h3-7H,2,8H2,1H3;;;;. The van der Waals surface area contributed by atoms with Gasteiger partial charge in [0.1, 0.15) is 0 Å². The Kier molecular flexibility index (Phi) is 43.8. The predicted octanol–water partition coefficient (Wildman–Crippen LogP) is 2.82. The fourth-order valence-corrected chi connectivity index (χ4v) is 1.43. The van der Waals surface area contributed by atoms with Gasteiger partial charge in [-0.1, -0.05) is 37.3 Å². The molecular formula is C12H12CrO3S. The van der Waals surface area contributed by atoms with Gasteiger partial charge in [0, 0.05) is 23.1 Å². The van der Waals surface area contributed by atoms with E-state index in [-0.39, 0.29) is 17.4 Å². The zero-order chi connectivity index (χ0) is 13.2. The van der Waals surface area contributed by atoms with E-state index in [9.17, 15) is 0 Å². The van der Waals surface area contributed by atoms with Crippen LogP contribution in [0, 0.1) is 20.0 Å². The molecule has 0 saturated carbocycles. The SMILES string of the molecule is CCSCc1ccccc1.[C-]#[O+].[C-]#[O+].[C-]#[O+].[Cr].